The highest BCUT2D eigenvalue weighted by atomic mass is 32.2. The lowest BCUT2D eigenvalue weighted by molar-refractivity contribution is -0.133. The highest BCUT2D eigenvalue weighted by Gasteiger charge is 2.27. The second-order valence-electron chi connectivity index (χ2n) is 8.49. The van der Waals surface area contributed by atoms with Gasteiger partial charge in [0.1, 0.15) is 6.54 Å². The van der Waals surface area contributed by atoms with E-state index in [1.807, 2.05) is 0 Å². The zero-order valence-electron chi connectivity index (χ0n) is 17.4. The average molecular weight is 436 g/mol. The van der Waals surface area contributed by atoms with Crippen molar-refractivity contribution in [3.8, 4) is 0 Å². The van der Waals surface area contributed by atoms with E-state index in [0.717, 1.165) is 38.5 Å². The van der Waals surface area contributed by atoms with Gasteiger partial charge >= 0.3 is 5.76 Å². The van der Waals surface area contributed by atoms with E-state index in [1.165, 1.54) is 21.0 Å². The van der Waals surface area contributed by atoms with Crippen LogP contribution >= 0.6 is 0 Å². The molecule has 9 heteroatoms. The largest absolute Gasteiger partial charge is 0.420 e. The van der Waals surface area contributed by atoms with Gasteiger partial charge in [0.2, 0.25) is 15.9 Å². The van der Waals surface area contributed by atoms with Crippen molar-refractivity contribution in [1.29, 1.82) is 0 Å². The van der Waals surface area contributed by atoms with E-state index in [0.29, 0.717) is 37.6 Å². The molecule has 1 aromatic heterocycles. The number of benzene rings is 1. The molecule has 1 atom stereocenters. The van der Waals surface area contributed by atoms with Gasteiger partial charge in [-0.1, -0.05) is 19.8 Å². The number of fused-ring (bicyclic) bond motifs is 1. The normalized spacial score (nSPS) is 21.6. The molecule has 164 valence electrons. The smallest absolute Gasteiger partial charge is 0.408 e. The van der Waals surface area contributed by atoms with Gasteiger partial charge in [-0.3, -0.25) is 9.36 Å². The summed E-state index contributed by atoms with van der Waals surface area (Å²) < 4.78 is 34.2. The molecule has 0 bridgehead atoms. The number of hydrogen-bond acceptors (Lipinski definition) is 5. The zero-order valence-corrected chi connectivity index (χ0v) is 18.2. The summed E-state index contributed by atoms with van der Waals surface area (Å²) in [6.07, 6.45) is 5.84. The topological polar surface area (TPSA) is 92.8 Å². The summed E-state index contributed by atoms with van der Waals surface area (Å²) in [7, 11) is -3.64. The molecule has 0 aliphatic carbocycles. The highest BCUT2D eigenvalue weighted by Crippen LogP contribution is 2.24. The Morgan fingerprint density at radius 3 is 2.53 bits per heavy atom. The molecule has 0 unspecified atom stereocenters. The van der Waals surface area contributed by atoms with Crippen LogP contribution in [0.25, 0.3) is 11.1 Å². The highest BCUT2D eigenvalue weighted by molar-refractivity contribution is 7.89. The number of carbonyl (C=O) groups is 1. The van der Waals surface area contributed by atoms with Crippen molar-refractivity contribution in [2.75, 3.05) is 26.2 Å². The molecule has 0 radical (unpaired) electrons. The lowest BCUT2D eigenvalue weighted by Crippen LogP contribution is -2.41. The fourth-order valence-electron chi connectivity index (χ4n) is 4.44. The minimum absolute atomic E-state index is 0.100. The number of aromatic nitrogens is 1. The Balaban J connectivity index is 1.59. The van der Waals surface area contributed by atoms with E-state index in [4.69, 9.17) is 4.42 Å². The molecule has 2 saturated heterocycles. The van der Waals surface area contributed by atoms with Crippen LogP contribution in [0.5, 0.6) is 0 Å². The number of amides is 1. The molecule has 2 aromatic rings. The van der Waals surface area contributed by atoms with Gasteiger partial charge in [-0.2, -0.15) is 4.31 Å². The molecular weight excluding hydrogens is 406 g/mol. The summed E-state index contributed by atoms with van der Waals surface area (Å²) in [4.78, 5) is 27.0. The molecule has 2 aliphatic rings. The van der Waals surface area contributed by atoms with Crippen molar-refractivity contribution in [1.82, 2.24) is 13.8 Å². The molecule has 2 fully saturated rings. The molecule has 30 heavy (non-hydrogen) atoms. The molecule has 4 rings (SSSR count). The van der Waals surface area contributed by atoms with Crippen LogP contribution in [-0.4, -0.2) is 54.3 Å². The maximum Gasteiger partial charge on any atom is 0.420 e. The van der Waals surface area contributed by atoms with Crippen molar-refractivity contribution in [2.24, 2.45) is 5.92 Å². The predicted molar refractivity (Wildman–Crippen MR) is 113 cm³/mol. The van der Waals surface area contributed by atoms with Crippen molar-refractivity contribution in [3.63, 3.8) is 0 Å². The Bertz CT molecular complexity index is 1080. The van der Waals surface area contributed by atoms with Crippen LogP contribution in [0.3, 0.4) is 0 Å². The third-order valence-electron chi connectivity index (χ3n) is 6.15. The van der Waals surface area contributed by atoms with Gasteiger partial charge in [0.15, 0.2) is 5.58 Å². The zero-order chi connectivity index (χ0) is 21.3. The molecule has 0 spiro atoms. The first-order chi connectivity index (χ1) is 14.4. The number of likely N-dealkylation sites (tertiary alicyclic amines) is 1. The first-order valence-electron chi connectivity index (χ1n) is 10.8. The average Bonchev–Trinajstić information content (AvgIpc) is 2.90. The van der Waals surface area contributed by atoms with Crippen LogP contribution in [0, 0.1) is 5.92 Å². The van der Waals surface area contributed by atoms with Crippen LogP contribution in [-0.2, 0) is 21.4 Å². The van der Waals surface area contributed by atoms with Crippen LogP contribution < -0.4 is 5.76 Å². The fraction of sp³-hybridized carbons (Fsp3) is 0.619. The predicted octanol–water partition coefficient (Wildman–Crippen LogP) is 2.42. The molecule has 1 aromatic carbocycles. The van der Waals surface area contributed by atoms with Crippen molar-refractivity contribution < 1.29 is 17.6 Å². The second-order valence-corrected chi connectivity index (χ2v) is 10.4. The quantitative estimate of drug-likeness (QED) is 0.735. The SMILES string of the molecule is C[C@H]1CCCN(C(=O)Cn2c(=O)oc3cc(S(=O)(=O)N4CCCCCC4)ccc32)C1. The van der Waals surface area contributed by atoms with Crippen molar-refractivity contribution in [2.45, 2.75) is 56.9 Å². The van der Waals surface area contributed by atoms with Crippen LogP contribution in [0.2, 0.25) is 0 Å². The molecule has 1 amide bonds. The Kier molecular flexibility index (Phi) is 6.02. The van der Waals surface area contributed by atoms with Gasteiger partial charge in [0.25, 0.3) is 0 Å². The van der Waals surface area contributed by atoms with Crippen LogP contribution in [0.15, 0.2) is 32.3 Å². The van der Waals surface area contributed by atoms with Crippen LogP contribution in [0.4, 0.5) is 0 Å². The molecule has 0 N–H and O–H groups in total. The maximum absolute atomic E-state index is 13.0. The first kappa shape index (κ1) is 21.1. The summed E-state index contributed by atoms with van der Waals surface area (Å²) >= 11 is 0. The molecule has 3 heterocycles. The number of nitrogens with zero attached hydrogens (tertiary/aromatic N) is 3. The Labute approximate surface area is 176 Å². The number of piperidine rings is 1. The van der Waals surface area contributed by atoms with Gasteiger partial charge < -0.3 is 9.32 Å². The number of oxazole rings is 1. The van der Waals surface area contributed by atoms with Gasteiger partial charge in [-0.05, 0) is 43.7 Å². The Hall–Kier alpha value is -2.13. The summed E-state index contributed by atoms with van der Waals surface area (Å²) in [5.74, 6) is -0.312. The second kappa shape index (κ2) is 8.55. The standard InChI is InChI=1S/C21H29N3O5S/c1-16-7-6-10-22(14-16)20(25)15-24-18-9-8-17(13-19(18)29-21(24)26)30(27,28)23-11-4-2-3-5-12-23/h8-9,13,16H,2-7,10-12,14-15H2,1H3/t16-/m0/s1. The third kappa shape index (κ3) is 4.18. The summed E-state index contributed by atoms with van der Waals surface area (Å²) in [6, 6.07) is 4.47. The summed E-state index contributed by atoms with van der Waals surface area (Å²) in [5.41, 5.74) is 0.629. The third-order valence-corrected chi connectivity index (χ3v) is 8.04. The van der Waals surface area contributed by atoms with Crippen molar-refractivity contribution >= 4 is 27.0 Å². The first-order valence-corrected chi connectivity index (χ1v) is 12.2. The van der Waals surface area contributed by atoms with E-state index >= 15 is 0 Å². The summed E-state index contributed by atoms with van der Waals surface area (Å²) in [6.45, 7) is 4.43. The number of sulfonamides is 1. The Morgan fingerprint density at radius 2 is 1.83 bits per heavy atom. The minimum Gasteiger partial charge on any atom is -0.408 e. The van der Waals surface area contributed by atoms with E-state index in [1.54, 1.807) is 11.0 Å². The van der Waals surface area contributed by atoms with Crippen LogP contribution in [0.1, 0.15) is 45.4 Å². The van der Waals surface area contributed by atoms with Gasteiger partial charge in [-0.25, -0.2) is 13.2 Å². The molecule has 0 saturated carbocycles. The Morgan fingerprint density at radius 1 is 1.10 bits per heavy atom. The fourth-order valence-corrected chi connectivity index (χ4v) is 5.97. The monoisotopic (exact) mass is 435 g/mol. The van der Waals surface area contributed by atoms with Gasteiger partial charge in [0, 0.05) is 32.2 Å². The molecular formula is C21H29N3O5S. The van der Waals surface area contributed by atoms with Crippen molar-refractivity contribution in [3.05, 3.63) is 28.7 Å². The van der Waals surface area contributed by atoms with E-state index in [-0.39, 0.29) is 22.9 Å². The van der Waals surface area contributed by atoms with E-state index in [9.17, 15) is 18.0 Å². The maximum atomic E-state index is 13.0. The number of hydrogen-bond donors (Lipinski definition) is 0. The molecule has 8 nitrogen and oxygen atoms in total. The minimum atomic E-state index is -3.64. The number of rotatable bonds is 4. The number of carbonyl (C=O) groups excluding carboxylic acids is 1. The van der Waals surface area contributed by atoms with E-state index in [2.05, 4.69) is 6.92 Å². The molecule has 2 aliphatic heterocycles. The lowest BCUT2D eigenvalue weighted by atomic mass is 10.0. The van der Waals surface area contributed by atoms with Gasteiger partial charge in [0.05, 0.1) is 10.4 Å². The summed E-state index contributed by atoms with van der Waals surface area (Å²) in [5, 5.41) is 0. The van der Waals surface area contributed by atoms with Gasteiger partial charge in [-0.15, -0.1) is 0 Å². The lowest BCUT2D eigenvalue weighted by Gasteiger charge is -2.30. The van der Waals surface area contributed by atoms with E-state index < -0.39 is 15.8 Å².